The van der Waals surface area contributed by atoms with Gasteiger partial charge in [0.25, 0.3) is 0 Å². The van der Waals surface area contributed by atoms with Gasteiger partial charge < -0.3 is 20.8 Å². The molecule has 0 aromatic carbocycles. The molecule has 0 aromatic rings. The first-order valence-electron chi connectivity index (χ1n) is 2.71. The molecule has 1 unspecified atom stereocenters. The predicted octanol–water partition coefficient (Wildman–Crippen LogP) is -1.93. The first kappa shape index (κ1) is 9.38. The molecule has 0 heterocycles. The van der Waals surface area contributed by atoms with Gasteiger partial charge in [-0.1, -0.05) is 6.58 Å². The molecule has 0 aliphatic carbocycles. The molecule has 0 aliphatic heterocycles. The van der Waals surface area contributed by atoms with Crippen LogP contribution in [0.2, 0.25) is 0 Å². The molecular weight excluding hydrogens is 136 g/mol. The summed E-state index contributed by atoms with van der Waals surface area (Å²) in [5.41, 5.74) is 5.06. The summed E-state index contributed by atoms with van der Waals surface area (Å²) < 4.78 is 0. The van der Waals surface area contributed by atoms with Crippen molar-refractivity contribution in [2.75, 3.05) is 6.61 Å². The van der Waals surface area contributed by atoms with Crippen LogP contribution in [0, 0.1) is 0 Å². The van der Waals surface area contributed by atoms with Crippen molar-refractivity contribution in [3.63, 3.8) is 0 Å². The van der Waals surface area contributed by atoms with Crippen molar-refractivity contribution < 1.29 is 15.1 Å². The van der Waals surface area contributed by atoms with Crippen molar-refractivity contribution in [3.05, 3.63) is 12.3 Å². The lowest BCUT2D eigenvalue weighted by atomic mass is 10.2. The molecule has 0 saturated carbocycles. The van der Waals surface area contributed by atoms with E-state index in [0.29, 0.717) is 0 Å². The zero-order valence-corrected chi connectivity index (χ0v) is 5.53. The summed E-state index contributed by atoms with van der Waals surface area (Å²) in [5.74, 6) is 4.63. The van der Waals surface area contributed by atoms with Crippen molar-refractivity contribution in [1.29, 1.82) is 0 Å². The molecule has 2 atom stereocenters. The van der Waals surface area contributed by atoms with Crippen LogP contribution < -0.4 is 11.6 Å². The van der Waals surface area contributed by atoms with Crippen LogP contribution in [-0.4, -0.2) is 29.0 Å². The second-order valence-electron chi connectivity index (χ2n) is 1.92. The van der Waals surface area contributed by atoms with E-state index in [1.807, 2.05) is 0 Å². The predicted molar refractivity (Wildman–Crippen MR) is 35.5 cm³/mol. The van der Waals surface area contributed by atoms with E-state index >= 15 is 0 Å². The maximum atomic E-state index is 8.92. The topological polar surface area (TPSA) is 102 Å². The van der Waals surface area contributed by atoms with Crippen LogP contribution in [0.3, 0.4) is 0 Å². The largest absolute Gasteiger partial charge is 0.400 e. The minimum absolute atomic E-state index is 0.00968. The zero-order chi connectivity index (χ0) is 8.15. The van der Waals surface area contributed by atoms with Gasteiger partial charge in [-0.25, -0.2) is 5.90 Å². The van der Waals surface area contributed by atoms with Gasteiger partial charge in [0.15, 0.2) is 0 Å². The summed E-state index contributed by atoms with van der Waals surface area (Å²) in [6.07, 6.45) is -2.29. The minimum Gasteiger partial charge on any atom is -0.400 e. The third-order valence-electron chi connectivity index (χ3n) is 1.01. The van der Waals surface area contributed by atoms with Crippen molar-refractivity contribution in [1.82, 2.24) is 0 Å². The molecular formula is C5H12N2O3. The van der Waals surface area contributed by atoms with E-state index in [4.69, 9.17) is 15.9 Å². The van der Waals surface area contributed by atoms with Crippen molar-refractivity contribution in [2.45, 2.75) is 12.2 Å². The van der Waals surface area contributed by atoms with Gasteiger partial charge in [-0.3, -0.25) is 0 Å². The Morgan fingerprint density at radius 3 is 2.40 bits per heavy atom. The van der Waals surface area contributed by atoms with Gasteiger partial charge >= 0.3 is 0 Å². The van der Waals surface area contributed by atoms with Crippen LogP contribution in [0.5, 0.6) is 0 Å². The first-order chi connectivity index (χ1) is 4.59. The first-order valence-corrected chi connectivity index (χ1v) is 2.71. The summed E-state index contributed by atoms with van der Waals surface area (Å²) in [4.78, 5) is 4.07. The third kappa shape index (κ3) is 2.79. The molecule has 0 radical (unpaired) electrons. The normalized spacial score (nSPS) is 16.3. The Morgan fingerprint density at radius 2 is 2.10 bits per heavy atom. The monoisotopic (exact) mass is 148 g/mol. The smallest absolute Gasteiger partial charge is 0.121 e. The Bertz CT molecular complexity index is 117. The van der Waals surface area contributed by atoms with Gasteiger partial charge in [-0.15, -0.1) is 0 Å². The van der Waals surface area contributed by atoms with Gasteiger partial charge in [0, 0.05) is 5.70 Å². The zero-order valence-electron chi connectivity index (χ0n) is 5.53. The Hall–Kier alpha value is -0.620. The summed E-state index contributed by atoms with van der Waals surface area (Å²) in [6, 6.07) is 0. The standard InChI is InChI=1S/C5H12N2O3/c1-3(6)5(9)4(8)2-10-7/h4-5,8-9H,1-2,6-7H2/t4?,5-/m1/s1. The molecule has 5 heteroatoms. The molecule has 60 valence electrons. The second kappa shape index (κ2) is 4.24. The number of aliphatic hydroxyl groups is 2. The van der Waals surface area contributed by atoms with Gasteiger partial charge in [-0.2, -0.15) is 0 Å². The molecule has 5 nitrogen and oxygen atoms in total. The maximum absolute atomic E-state index is 8.92. The minimum atomic E-state index is -1.18. The molecule has 0 rings (SSSR count). The van der Waals surface area contributed by atoms with E-state index in [1.54, 1.807) is 0 Å². The number of hydrogen-bond donors (Lipinski definition) is 4. The summed E-state index contributed by atoms with van der Waals surface area (Å²) in [5, 5.41) is 17.8. The molecule has 0 fully saturated rings. The Morgan fingerprint density at radius 1 is 1.60 bits per heavy atom. The quantitative estimate of drug-likeness (QED) is 0.348. The lowest BCUT2D eigenvalue weighted by molar-refractivity contribution is -0.0248. The van der Waals surface area contributed by atoms with Crippen LogP contribution in [0.25, 0.3) is 0 Å². The average molecular weight is 148 g/mol. The van der Waals surface area contributed by atoms with Gasteiger partial charge in [0.2, 0.25) is 0 Å². The lowest BCUT2D eigenvalue weighted by Gasteiger charge is -2.15. The molecule has 0 aromatic heterocycles. The Kier molecular flexibility index (Phi) is 3.97. The molecule has 0 bridgehead atoms. The molecule has 0 amide bonds. The summed E-state index contributed by atoms with van der Waals surface area (Å²) >= 11 is 0. The van der Waals surface area contributed by atoms with Gasteiger partial charge in [-0.05, 0) is 0 Å². The molecule has 10 heavy (non-hydrogen) atoms. The molecule has 0 saturated heterocycles. The molecule has 0 spiro atoms. The van der Waals surface area contributed by atoms with Crippen LogP contribution in [0.4, 0.5) is 0 Å². The highest BCUT2D eigenvalue weighted by Gasteiger charge is 2.16. The van der Waals surface area contributed by atoms with Crippen molar-refractivity contribution in [3.8, 4) is 0 Å². The average Bonchev–Trinajstić information content (AvgIpc) is 1.87. The second-order valence-corrected chi connectivity index (χ2v) is 1.92. The van der Waals surface area contributed by atoms with Crippen LogP contribution >= 0.6 is 0 Å². The van der Waals surface area contributed by atoms with Crippen LogP contribution in [0.15, 0.2) is 12.3 Å². The van der Waals surface area contributed by atoms with Crippen LogP contribution in [0.1, 0.15) is 0 Å². The van der Waals surface area contributed by atoms with E-state index in [0.717, 1.165) is 0 Å². The summed E-state index contributed by atoms with van der Waals surface area (Å²) in [7, 11) is 0. The van der Waals surface area contributed by atoms with E-state index in [9.17, 15) is 0 Å². The number of rotatable bonds is 4. The highest BCUT2D eigenvalue weighted by molar-refractivity contribution is 4.98. The lowest BCUT2D eigenvalue weighted by Crippen LogP contribution is -2.35. The van der Waals surface area contributed by atoms with E-state index in [1.165, 1.54) is 0 Å². The SMILES string of the molecule is C=C(N)[C@@H](O)C(O)CON. The number of aliphatic hydroxyl groups excluding tert-OH is 2. The van der Waals surface area contributed by atoms with Crippen molar-refractivity contribution >= 4 is 0 Å². The summed E-state index contributed by atoms with van der Waals surface area (Å²) in [6.45, 7) is 3.06. The fourth-order valence-corrected chi connectivity index (χ4v) is 0.437. The van der Waals surface area contributed by atoms with Gasteiger partial charge in [0.05, 0.1) is 6.61 Å². The van der Waals surface area contributed by atoms with Gasteiger partial charge in [0.1, 0.15) is 12.2 Å². The molecule has 6 N–H and O–H groups in total. The van der Waals surface area contributed by atoms with E-state index < -0.39 is 12.2 Å². The van der Waals surface area contributed by atoms with Crippen molar-refractivity contribution in [2.24, 2.45) is 11.6 Å². The maximum Gasteiger partial charge on any atom is 0.121 e. The number of nitrogens with two attached hydrogens (primary N) is 2. The van der Waals surface area contributed by atoms with E-state index in [-0.39, 0.29) is 12.3 Å². The highest BCUT2D eigenvalue weighted by atomic mass is 16.6. The Labute approximate surface area is 58.8 Å². The van der Waals surface area contributed by atoms with E-state index in [2.05, 4.69) is 17.3 Å². The third-order valence-corrected chi connectivity index (χ3v) is 1.01. The number of hydrogen-bond acceptors (Lipinski definition) is 5. The highest BCUT2D eigenvalue weighted by Crippen LogP contribution is 1.98. The Balaban J connectivity index is 3.69. The molecule has 0 aliphatic rings. The fraction of sp³-hybridized carbons (Fsp3) is 0.600. The fourth-order valence-electron chi connectivity index (χ4n) is 0.437. The van der Waals surface area contributed by atoms with Crippen LogP contribution in [-0.2, 0) is 4.84 Å².